The Balaban J connectivity index is 3.64. The molecule has 0 aromatic carbocycles. The molecule has 0 aromatic heterocycles. The number of carboxylic acids is 2. The van der Waals surface area contributed by atoms with Crippen LogP contribution in [0.3, 0.4) is 0 Å². The Bertz CT molecular complexity index is 333. The Morgan fingerprint density at radius 1 is 1.10 bits per heavy atom. The number of amides is 1. The summed E-state index contributed by atoms with van der Waals surface area (Å²) in [5, 5.41) is 20.1. The Kier molecular flexibility index (Phi) is 9.36. The fraction of sp³-hybridized carbons (Fsp3) is 0.769. The Morgan fingerprint density at radius 3 is 2.25 bits per heavy atom. The van der Waals surface area contributed by atoms with Crippen molar-refractivity contribution in [3.8, 4) is 0 Å². The van der Waals surface area contributed by atoms with Crippen LogP contribution in [0.15, 0.2) is 0 Å². The summed E-state index contributed by atoms with van der Waals surface area (Å²) in [5.74, 6) is -2.54. The van der Waals surface area contributed by atoms with Gasteiger partial charge in [0.25, 0.3) is 0 Å². The van der Waals surface area contributed by atoms with E-state index in [9.17, 15) is 14.4 Å². The number of carbonyl (C=O) groups is 3. The number of hydrogen-bond donors (Lipinski definition) is 4. The summed E-state index contributed by atoms with van der Waals surface area (Å²) in [7, 11) is 0. The van der Waals surface area contributed by atoms with Gasteiger partial charge in [-0.3, -0.25) is 14.4 Å². The van der Waals surface area contributed by atoms with Crippen LogP contribution in [-0.4, -0.2) is 40.6 Å². The average molecular weight is 288 g/mol. The zero-order valence-corrected chi connectivity index (χ0v) is 11.8. The molecule has 116 valence electrons. The Morgan fingerprint density at radius 2 is 1.75 bits per heavy atom. The minimum absolute atomic E-state index is 0.174. The van der Waals surface area contributed by atoms with Gasteiger partial charge in [-0.05, 0) is 32.1 Å². The molecule has 0 unspecified atom stereocenters. The van der Waals surface area contributed by atoms with E-state index in [1.807, 2.05) is 0 Å². The first-order valence-corrected chi connectivity index (χ1v) is 6.86. The number of nitrogens with one attached hydrogen (secondary N) is 1. The van der Waals surface area contributed by atoms with Crippen molar-refractivity contribution < 1.29 is 24.6 Å². The van der Waals surface area contributed by atoms with Crippen LogP contribution in [-0.2, 0) is 14.4 Å². The highest BCUT2D eigenvalue weighted by atomic mass is 16.4. The van der Waals surface area contributed by atoms with E-state index < -0.39 is 23.9 Å². The van der Waals surface area contributed by atoms with Crippen LogP contribution >= 0.6 is 0 Å². The van der Waals surface area contributed by atoms with E-state index in [-0.39, 0.29) is 12.3 Å². The van der Waals surface area contributed by atoms with Crippen LogP contribution in [0.25, 0.3) is 0 Å². The molecule has 0 aliphatic heterocycles. The molecule has 2 atom stereocenters. The highest BCUT2D eigenvalue weighted by Crippen LogP contribution is 2.10. The van der Waals surface area contributed by atoms with Crippen LogP contribution < -0.4 is 11.1 Å². The molecule has 0 aromatic rings. The topological polar surface area (TPSA) is 130 Å². The first-order valence-electron chi connectivity index (χ1n) is 6.86. The lowest BCUT2D eigenvalue weighted by Crippen LogP contribution is -2.30. The number of nitrogens with two attached hydrogens (primary N) is 1. The van der Waals surface area contributed by atoms with Crippen molar-refractivity contribution in [1.29, 1.82) is 0 Å². The maximum Gasteiger partial charge on any atom is 0.320 e. The van der Waals surface area contributed by atoms with Gasteiger partial charge in [-0.25, -0.2) is 0 Å². The molecule has 0 saturated carbocycles. The fourth-order valence-electron chi connectivity index (χ4n) is 1.74. The first-order chi connectivity index (χ1) is 9.38. The number of aliphatic carboxylic acids is 2. The second-order valence-corrected chi connectivity index (χ2v) is 4.77. The van der Waals surface area contributed by atoms with E-state index in [1.54, 1.807) is 6.92 Å². The molecule has 20 heavy (non-hydrogen) atoms. The van der Waals surface area contributed by atoms with Gasteiger partial charge >= 0.3 is 11.9 Å². The normalized spacial score (nSPS) is 13.5. The standard InChI is InChI=1S/C13H24N2O5/c1-2-9(12(17)18)6-7-11(16)15-8-4-3-5-10(14)13(19)20/h9-10H,2-8,14H2,1H3,(H,15,16)(H,17,18)(H,19,20)/t9-,10-/m0/s1. The summed E-state index contributed by atoms with van der Waals surface area (Å²) in [6.45, 7) is 2.23. The average Bonchev–Trinajstić information content (AvgIpc) is 2.38. The third-order valence-electron chi connectivity index (χ3n) is 3.14. The molecule has 0 fully saturated rings. The van der Waals surface area contributed by atoms with Crippen molar-refractivity contribution in [3.63, 3.8) is 0 Å². The highest BCUT2D eigenvalue weighted by Gasteiger charge is 2.16. The number of unbranched alkanes of at least 4 members (excludes halogenated alkanes) is 1. The predicted octanol–water partition coefficient (Wildman–Crippen LogP) is 0.576. The molecule has 0 saturated heterocycles. The van der Waals surface area contributed by atoms with E-state index in [1.165, 1.54) is 0 Å². The van der Waals surface area contributed by atoms with Crippen molar-refractivity contribution >= 4 is 17.8 Å². The Labute approximate surface area is 118 Å². The highest BCUT2D eigenvalue weighted by molar-refractivity contribution is 5.77. The maximum atomic E-state index is 11.5. The summed E-state index contributed by atoms with van der Waals surface area (Å²) in [5.41, 5.74) is 5.34. The van der Waals surface area contributed by atoms with Gasteiger partial charge in [0, 0.05) is 13.0 Å². The van der Waals surface area contributed by atoms with E-state index in [4.69, 9.17) is 15.9 Å². The van der Waals surface area contributed by atoms with Crippen LogP contribution in [0, 0.1) is 5.92 Å². The lowest BCUT2D eigenvalue weighted by Gasteiger charge is -2.10. The van der Waals surface area contributed by atoms with Crippen molar-refractivity contribution in [2.75, 3.05) is 6.54 Å². The number of carboxylic acid groups (broad SMARTS) is 2. The lowest BCUT2D eigenvalue weighted by molar-refractivity contribution is -0.142. The van der Waals surface area contributed by atoms with Gasteiger partial charge in [0.1, 0.15) is 6.04 Å². The molecular weight excluding hydrogens is 264 g/mol. The van der Waals surface area contributed by atoms with Gasteiger partial charge in [0.15, 0.2) is 0 Å². The summed E-state index contributed by atoms with van der Waals surface area (Å²) in [6, 6.07) is -0.855. The van der Waals surface area contributed by atoms with Gasteiger partial charge in [0.2, 0.25) is 5.91 Å². The van der Waals surface area contributed by atoms with Crippen LogP contribution in [0.2, 0.25) is 0 Å². The molecule has 7 heteroatoms. The molecule has 0 rings (SSSR count). The number of carbonyl (C=O) groups excluding carboxylic acids is 1. The number of hydrogen-bond acceptors (Lipinski definition) is 4. The summed E-state index contributed by atoms with van der Waals surface area (Å²) < 4.78 is 0. The summed E-state index contributed by atoms with van der Waals surface area (Å²) in [4.78, 5) is 32.7. The summed E-state index contributed by atoms with van der Waals surface area (Å²) >= 11 is 0. The van der Waals surface area contributed by atoms with Gasteiger partial charge in [0.05, 0.1) is 5.92 Å². The second-order valence-electron chi connectivity index (χ2n) is 4.77. The monoisotopic (exact) mass is 288 g/mol. The molecule has 5 N–H and O–H groups in total. The quantitative estimate of drug-likeness (QED) is 0.411. The minimum atomic E-state index is -1.02. The molecule has 0 heterocycles. The van der Waals surface area contributed by atoms with Crippen molar-refractivity contribution in [2.24, 2.45) is 11.7 Å². The maximum absolute atomic E-state index is 11.5. The lowest BCUT2D eigenvalue weighted by atomic mass is 10.0. The van der Waals surface area contributed by atoms with Gasteiger partial charge in [-0.2, -0.15) is 0 Å². The van der Waals surface area contributed by atoms with Crippen molar-refractivity contribution in [3.05, 3.63) is 0 Å². The molecule has 1 amide bonds. The summed E-state index contributed by atoms with van der Waals surface area (Å²) in [6.07, 6.45) is 2.70. The Hall–Kier alpha value is -1.63. The third kappa shape index (κ3) is 8.47. The van der Waals surface area contributed by atoms with Crippen LogP contribution in [0.5, 0.6) is 0 Å². The molecule has 7 nitrogen and oxygen atoms in total. The van der Waals surface area contributed by atoms with E-state index >= 15 is 0 Å². The van der Waals surface area contributed by atoms with Gasteiger partial charge in [-0.15, -0.1) is 0 Å². The van der Waals surface area contributed by atoms with Gasteiger partial charge in [-0.1, -0.05) is 6.92 Å². The minimum Gasteiger partial charge on any atom is -0.481 e. The van der Waals surface area contributed by atoms with E-state index in [2.05, 4.69) is 5.32 Å². The van der Waals surface area contributed by atoms with Crippen LogP contribution in [0.1, 0.15) is 45.4 Å². The number of rotatable bonds is 11. The molecule has 0 spiro atoms. The predicted molar refractivity (Wildman–Crippen MR) is 73.1 cm³/mol. The van der Waals surface area contributed by atoms with Gasteiger partial charge < -0.3 is 21.3 Å². The molecular formula is C13H24N2O5. The van der Waals surface area contributed by atoms with Crippen molar-refractivity contribution in [1.82, 2.24) is 5.32 Å². The zero-order chi connectivity index (χ0) is 15.5. The van der Waals surface area contributed by atoms with Crippen LogP contribution in [0.4, 0.5) is 0 Å². The smallest absolute Gasteiger partial charge is 0.320 e. The first kappa shape index (κ1) is 18.4. The van der Waals surface area contributed by atoms with E-state index in [0.29, 0.717) is 38.6 Å². The second kappa shape index (κ2) is 10.2. The van der Waals surface area contributed by atoms with E-state index in [0.717, 1.165) is 0 Å². The van der Waals surface area contributed by atoms with Crippen molar-refractivity contribution in [2.45, 2.75) is 51.5 Å². The third-order valence-corrected chi connectivity index (χ3v) is 3.14. The molecule has 0 aliphatic carbocycles. The molecule has 0 aliphatic rings. The zero-order valence-electron chi connectivity index (χ0n) is 11.8. The molecule has 0 radical (unpaired) electrons. The SMILES string of the molecule is CC[C@@H](CCC(=O)NCCCC[C@H](N)C(=O)O)C(=O)O. The molecule has 0 bridgehead atoms. The largest absolute Gasteiger partial charge is 0.481 e. The fourth-order valence-corrected chi connectivity index (χ4v) is 1.74.